The highest BCUT2D eigenvalue weighted by atomic mass is 19.1. The topological polar surface area (TPSA) is 40.6 Å². The van der Waals surface area contributed by atoms with Gasteiger partial charge in [-0.3, -0.25) is 9.59 Å². The summed E-state index contributed by atoms with van der Waals surface area (Å²) in [6.45, 7) is 5.66. The first-order chi connectivity index (χ1) is 9.49. The van der Waals surface area contributed by atoms with E-state index >= 15 is 0 Å². The second kappa shape index (κ2) is 6.03. The van der Waals surface area contributed by atoms with Crippen molar-refractivity contribution < 1.29 is 14.0 Å². The predicted octanol–water partition coefficient (Wildman–Crippen LogP) is 1.83. The average molecular weight is 278 g/mol. The molecule has 0 spiro atoms. The van der Waals surface area contributed by atoms with Gasteiger partial charge in [-0.15, -0.1) is 0 Å². The van der Waals surface area contributed by atoms with Gasteiger partial charge in [-0.05, 0) is 37.1 Å². The molecule has 1 aromatic rings. The minimum absolute atomic E-state index is 0.0391. The highest BCUT2D eigenvalue weighted by Gasteiger charge is 2.22. The van der Waals surface area contributed by atoms with E-state index in [2.05, 4.69) is 0 Å². The van der Waals surface area contributed by atoms with Gasteiger partial charge in [0.1, 0.15) is 5.82 Å². The lowest BCUT2D eigenvalue weighted by Crippen LogP contribution is -2.36. The summed E-state index contributed by atoms with van der Waals surface area (Å²) in [5, 5.41) is 0. The molecule has 1 heterocycles. The molecule has 0 saturated carbocycles. The molecule has 0 aromatic heterocycles. The lowest BCUT2D eigenvalue weighted by molar-refractivity contribution is -0.128. The van der Waals surface area contributed by atoms with Gasteiger partial charge in [0, 0.05) is 38.7 Å². The predicted molar refractivity (Wildman–Crippen MR) is 73.9 cm³/mol. The van der Waals surface area contributed by atoms with Crippen LogP contribution in [0, 0.1) is 12.7 Å². The van der Waals surface area contributed by atoms with Crippen LogP contribution >= 0.6 is 0 Å². The number of halogens is 1. The van der Waals surface area contributed by atoms with Crippen molar-refractivity contribution in [3.05, 3.63) is 35.1 Å². The Labute approximate surface area is 118 Å². The first-order valence-electron chi connectivity index (χ1n) is 6.80. The Hall–Kier alpha value is -1.91. The van der Waals surface area contributed by atoms with Gasteiger partial charge >= 0.3 is 0 Å². The third kappa shape index (κ3) is 3.15. The molecule has 108 valence electrons. The van der Waals surface area contributed by atoms with E-state index in [9.17, 15) is 14.0 Å². The Bertz CT molecular complexity index is 531. The van der Waals surface area contributed by atoms with Crippen LogP contribution in [0.4, 0.5) is 4.39 Å². The fourth-order valence-electron chi connectivity index (χ4n) is 2.47. The number of rotatable bonds is 1. The minimum Gasteiger partial charge on any atom is -0.341 e. The number of benzene rings is 1. The SMILES string of the molecule is CC(=O)N1CCCN(C(=O)c2ccc(F)cc2C)CC1. The largest absolute Gasteiger partial charge is 0.341 e. The minimum atomic E-state index is -0.335. The van der Waals surface area contributed by atoms with E-state index in [1.807, 2.05) is 0 Å². The van der Waals surface area contributed by atoms with Crippen molar-refractivity contribution in [3.8, 4) is 0 Å². The van der Waals surface area contributed by atoms with Crippen molar-refractivity contribution in [3.63, 3.8) is 0 Å². The van der Waals surface area contributed by atoms with Gasteiger partial charge in [0.05, 0.1) is 0 Å². The average Bonchev–Trinajstić information content (AvgIpc) is 2.63. The molecular weight excluding hydrogens is 259 g/mol. The Morgan fingerprint density at radius 3 is 2.40 bits per heavy atom. The van der Waals surface area contributed by atoms with Crippen LogP contribution in [0.5, 0.6) is 0 Å². The molecule has 2 rings (SSSR count). The molecule has 1 fully saturated rings. The van der Waals surface area contributed by atoms with Crippen LogP contribution in [0.1, 0.15) is 29.3 Å². The maximum atomic E-state index is 13.1. The molecule has 1 saturated heterocycles. The normalized spacial score (nSPS) is 15.9. The van der Waals surface area contributed by atoms with Crippen molar-refractivity contribution in [1.29, 1.82) is 0 Å². The van der Waals surface area contributed by atoms with Gasteiger partial charge in [0.15, 0.2) is 0 Å². The number of hydrogen-bond acceptors (Lipinski definition) is 2. The van der Waals surface area contributed by atoms with Crippen molar-refractivity contribution >= 4 is 11.8 Å². The molecule has 1 aliphatic heterocycles. The van der Waals surface area contributed by atoms with E-state index < -0.39 is 0 Å². The molecule has 0 radical (unpaired) electrons. The number of amides is 2. The van der Waals surface area contributed by atoms with Crippen LogP contribution in [0.3, 0.4) is 0 Å². The molecule has 2 amide bonds. The van der Waals surface area contributed by atoms with Gasteiger partial charge in [-0.25, -0.2) is 4.39 Å². The smallest absolute Gasteiger partial charge is 0.254 e. The molecule has 20 heavy (non-hydrogen) atoms. The number of nitrogens with zero attached hydrogens (tertiary/aromatic N) is 2. The summed E-state index contributed by atoms with van der Waals surface area (Å²) in [6, 6.07) is 4.20. The molecule has 4 nitrogen and oxygen atoms in total. The summed E-state index contributed by atoms with van der Waals surface area (Å²) in [6.07, 6.45) is 0.769. The third-order valence-electron chi connectivity index (χ3n) is 3.65. The third-order valence-corrected chi connectivity index (χ3v) is 3.65. The Morgan fingerprint density at radius 2 is 1.75 bits per heavy atom. The van der Waals surface area contributed by atoms with Crippen LogP contribution < -0.4 is 0 Å². The summed E-state index contributed by atoms with van der Waals surface area (Å²) >= 11 is 0. The fourth-order valence-corrected chi connectivity index (χ4v) is 2.47. The summed E-state index contributed by atoms with van der Waals surface area (Å²) in [5.41, 5.74) is 1.17. The molecule has 0 atom stereocenters. The van der Waals surface area contributed by atoms with Gasteiger partial charge in [0.2, 0.25) is 5.91 Å². The van der Waals surface area contributed by atoms with Crippen LogP contribution in [-0.4, -0.2) is 47.8 Å². The first kappa shape index (κ1) is 14.5. The molecule has 0 bridgehead atoms. The van der Waals surface area contributed by atoms with Crippen molar-refractivity contribution in [2.75, 3.05) is 26.2 Å². The Balaban J connectivity index is 2.11. The monoisotopic (exact) mass is 278 g/mol. The van der Waals surface area contributed by atoms with Crippen molar-refractivity contribution in [2.45, 2.75) is 20.3 Å². The van der Waals surface area contributed by atoms with Gasteiger partial charge in [-0.2, -0.15) is 0 Å². The van der Waals surface area contributed by atoms with Gasteiger partial charge in [0.25, 0.3) is 5.91 Å². The maximum absolute atomic E-state index is 13.1. The van der Waals surface area contributed by atoms with Crippen LogP contribution in [0.15, 0.2) is 18.2 Å². The van der Waals surface area contributed by atoms with Crippen LogP contribution in [0.2, 0.25) is 0 Å². The number of hydrogen-bond donors (Lipinski definition) is 0. The molecule has 1 aliphatic rings. The van der Waals surface area contributed by atoms with E-state index in [4.69, 9.17) is 0 Å². The highest BCUT2D eigenvalue weighted by molar-refractivity contribution is 5.95. The summed E-state index contributed by atoms with van der Waals surface area (Å²) in [5.74, 6) is -0.386. The summed E-state index contributed by atoms with van der Waals surface area (Å²) in [4.78, 5) is 27.3. The summed E-state index contributed by atoms with van der Waals surface area (Å²) < 4.78 is 13.1. The molecule has 5 heteroatoms. The van der Waals surface area contributed by atoms with Crippen molar-refractivity contribution in [2.24, 2.45) is 0 Å². The van der Waals surface area contributed by atoms with Gasteiger partial charge < -0.3 is 9.80 Å². The number of carbonyl (C=O) groups excluding carboxylic acids is 2. The zero-order valence-corrected chi connectivity index (χ0v) is 11.9. The quantitative estimate of drug-likeness (QED) is 0.786. The zero-order valence-electron chi connectivity index (χ0n) is 11.9. The second-order valence-electron chi connectivity index (χ2n) is 5.11. The van der Waals surface area contributed by atoms with Gasteiger partial charge in [-0.1, -0.05) is 0 Å². The molecule has 0 unspecified atom stereocenters. The molecule has 1 aromatic carbocycles. The van der Waals surface area contributed by atoms with Crippen LogP contribution in [-0.2, 0) is 4.79 Å². The van der Waals surface area contributed by atoms with E-state index in [1.165, 1.54) is 18.2 Å². The van der Waals surface area contributed by atoms with E-state index in [1.54, 1.807) is 23.6 Å². The fraction of sp³-hybridized carbons (Fsp3) is 0.467. The van der Waals surface area contributed by atoms with E-state index in [0.717, 1.165) is 6.42 Å². The molecule has 0 aliphatic carbocycles. The molecular formula is C15H19FN2O2. The van der Waals surface area contributed by atoms with Crippen LogP contribution in [0.25, 0.3) is 0 Å². The standard InChI is InChI=1S/C15H19FN2O2/c1-11-10-13(16)4-5-14(11)15(20)18-7-3-6-17(8-9-18)12(2)19/h4-5,10H,3,6-9H2,1-2H3. The highest BCUT2D eigenvalue weighted by Crippen LogP contribution is 2.14. The number of aryl methyl sites for hydroxylation is 1. The van der Waals surface area contributed by atoms with E-state index in [-0.39, 0.29) is 17.6 Å². The zero-order chi connectivity index (χ0) is 14.7. The summed E-state index contributed by atoms with van der Waals surface area (Å²) in [7, 11) is 0. The first-order valence-corrected chi connectivity index (χ1v) is 6.80. The molecule has 0 N–H and O–H groups in total. The Kier molecular flexibility index (Phi) is 4.37. The Morgan fingerprint density at radius 1 is 1.10 bits per heavy atom. The lowest BCUT2D eigenvalue weighted by atomic mass is 10.1. The lowest BCUT2D eigenvalue weighted by Gasteiger charge is -2.22. The second-order valence-corrected chi connectivity index (χ2v) is 5.11. The van der Waals surface area contributed by atoms with E-state index in [0.29, 0.717) is 37.3 Å². The maximum Gasteiger partial charge on any atom is 0.254 e. The number of carbonyl (C=O) groups is 2. The van der Waals surface area contributed by atoms with Crippen molar-refractivity contribution in [1.82, 2.24) is 9.80 Å².